The summed E-state index contributed by atoms with van der Waals surface area (Å²) >= 11 is 0. The molecule has 0 aliphatic carbocycles. The van der Waals surface area contributed by atoms with Gasteiger partial charge in [-0.25, -0.2) is 0 Å². The molecule has 0 amide bonds. The van der Waals surface area contributed by atoms with Gasteiger partial charge in [-0.2, -0.15) is 0 Å². The van der Waals surface area contributed by atoms with Crippen molar-refractivity contribution in [1.82, 2.24) is 0 Å². The molecular formula is C20H18O2. The van der Waals surface area contributed by atoms with Gasteiger partial charge in [-0.1, -0.05) is 66.8 Å². The van der Waals surface area contributed by atoms with Crippen LogP contribution < -0.4 is 4.74 Å². The minimum atomic E-state index is -0.0551. The number of ketones is 1. The average molecular weight is 290 g/mol. The van der Waals surface area contributed by atoms with Crippen LogP contribution in [0.3, 0.4) is 0 Å². The number of methoxy groups -OCH3 is 1. The van der Waals surface area contributed by atoms with Gasteiger partial charge in [-0.05, 0) is 35.4 Å². The second-order valence-electron chi connectivity index (χ2n) is 4.64. The molecule has 2 heteroatoms. The van der Waals surface area contributed by atoms with Gasteiger partial charge in [0.15, 0.2) is 5.78 Å². The minimum absolute atomic E-state index is 0.0551. The van der Waals surface area contributed by atoms with E-state index in [2.05, 4.69) is 0 Å². The summed E-state index contributed by atoms with van der Waals surface area (Å²) in [6, 6.07) is 17.5. The van der Waals surface area contributed by atoms with Crippen LogP contribution in [-0.2, 0) is 4.79 Å². The normalized spacial score (nSPS) is 11.5. The molecule has 0 heterocycles. The van der Waals surface area contributed by atoms with Crippen LogP contribution in [0.4, 0.5) is 0 Å². The van der Waals surface area contributed by atoms with E-state index in [0.29, 0.717) is 0 Å². The van der Waals surface area contributed by atoms with Gasteiger partial charge in [0.1, 0.15) is 5.75 Å². The van der Waals surface area contributed by atoms with Crippen molar-refractivity contribution >= 4 is 17.9 Å². The van der Waals surface area contributed by atoms with E-state index in [-0.39, 0.29) is 5.78 Å². The third-order valence-corrected chi connectivity index (χ3v) is 2.99. The highest BCUT2D eigenvalue weighted by Crippen LogP contribution is 2.13. The van der Waals surface area contributed by atoms with E-state index in [4.69, 9.17) is 4.74 Å². The van der Waals surface area contributed by atoms with E-state index in [1.807, 2.05) is 66.7 Å². The molecule has 0 aromatic heterocycles. The number of hydrogen-bond acceptors (Lipinski definition) is 2. The van der Waals surface area contributed by atoms with Crippen molar-refractivity contribution < 1.29 is 9.53 Å². The van der Waals surface area contributed by atoms with Crippen molar-refractivity contribution in [2.45, 2.75) is 0 Å². The van der Waals surface area contributed by atoms with Crippen LogP contribution in [0.1, 0.15) is 11.1 Å². The third kappa shape index (κ3) is 5.25. The zero-order valence-electron chi connectivity index (χ0n) is 12.5. The molecule has 0 aliphatic rings. The van der Waals surface area contributed by atoms with Gasteiger partial charge in [-0.3, -0.25) is 4.79 Å². The van der Waals surface area contributed by atoms with Crippen molar-refractivity contribution in [3.63, 3.8) is 0 Å². The Morgan fingerprint density at radius 2 is 1.64 bits per heavy atom. The fourth-order valence-corrected chi connectivity index (χ4v) is 1.86. The zero-order valence-corrected chi connectivity index (χ0v) is 12.5. The lowest BCUT2D eigenvalue weighted by Crippen LogP contribution is -1.85. The quantitative estimate of drug-likeness (QED) is 0.576. The maximum absolute atomic E-state index is 11.7. The van der Waals surface area contributed by atoms with Gasteiger partial charge in [0.25, 0.3) is 0 Å². The SMILES string of the molecule is COc1cccc(/C=C\C(=O)/C=C/C=C/c2ccccc2)c1. The first kappa shape index (κ1) is 15.5. The highest BCUT2D eigenvalue weighted by molar-refractivity contribution is 6.02. The molecule has 0 aliphatic heterocycles. The largest absolute Gasteiger partial charge is 0.497 e. The van der Waals surface area contributed by atoms with Gasteiger partial charge in [0.05, 0.1) is 7.11 Å². The number of hydrogen-bond donors (Lipinski definition) is 0. The first-order valence-electron chi connectivity index (χ1n) is 7.04. The second kappa shape index (κ2) is 8.42. The van der Waals surface area contributed by atoms with E-state index in [0.717, 1.165) is 16.9 Å². The second-order valence-corrected chi connectivity index (χ2v) is 4.64. The molecular weight excluding hydrogens is 272 g/mol. The third-order valence-electron chi connectivity index (χ3n) is 2.99. The highest BCUT2D eigenvalue weighted by Gasteiger charge is 1.93. The summed E-state index contributed by atoms with van der Waals surface area (Å²) in [6.07, 6.45) is 10.4. The molecule has 0 saturated heterocycles. The average Bonchev–Trinajstić information content (AvgIpc) is 2.58. The summed E-state index contributed by atoms with van der Waals surface area (Å²) in [5.74, 6) is 0.719. The minimum Gasteiger partial charge on any atom is -0.497 e. The maximum Gasteiger partial charge on any atom is 0.178 e. The monoisotopic (exact) mass is 290 g/mol. The van der Waals surface area contributed by atoms with E-state index < -0.39 is 0 Å². The van der Waals surface area contributed by atoms with Crippen molar-refractivity contribution in [2.24, 2.45) is 0 Å². The Kier molecular flexibility index (Phi) is 5.94. The van der Waals surface area contributed by atoms with Crippen LogP contribution in [0.5, 0.6) is 5.75 Å². The Morgan fingerprint density at radius 3 is 2.41 bits per heavy atom. The predicted octanol–water partition coefficient (Wildman–Crippen LogP) is 4.55. The molecule has 2 aromatic carbocycles. The molecule has 0 fully saturated rings. The summed E-state index contributed by atoms with van der Waals surface area (Å²) < 4.78 is 5.14. The fraction of sp³-hybridized carbons (Fsp3) is 0.0500. The number of benzene rings is 2. The van der Waals surface area contributed by atoms with E-state index in [1.165, 1.54) is 6.08 Å². The lowest BCUT2D eigenvalue weighted by molar-refractivity contribution is -0.110. The summed E-state index contributed by atoms with van der Waals surface area (Å²) in [5, 5.41) is 0. The van der Waals surface area contributed by atoms with Crippen molar-refractivity contribution in [3.8, 4) is 5.75 Å². The van der Waals surface area contributed by atoms with Crippen LogP contribution in [-0.4, -0.2) is 12.9 Å². The van der Waals surface area contributed by atoms with Crippen molar-refractivity contribution in [1.29, 1.82) is 0 Å². The lowest BCUT2D eigenvalue weighted by Gasteiger charge is -1.99. The topological polar surface area (TPSA) is 26.3 Å². The Morgan fingerprint density at radius 1 is 0.864 bits per heavy atom. The van der Waals surface area contributed by atoms with E-state index >= 15 is 0 Å². The number of rotatable bonds is 6. The molecule has 0 N–H and O–H groups in total. The maximum atomic E-state index is 11.7. The smallest absolute Gasteiger partial charge is 0.178 e. The lowest BCUT2D eigenvalue weighted by atomic mass is 10.2. The molecule has 2 aromatic rings. The number of carbonyl (C=O) groups is 1. The number of carbonyl (C=O) groups excluding carboxylic acids is 1. The molecule has 0 bridgehead atoms. The van der Waals surface area contributed by atoms with E-state index in [9.17, 15) is 4.79 Å². The summed E-state index contributed by atoms with van der Waals surface area (Å²) in [6.45, 7) is 0. The first-order chi connectivity index (χ1) is 10.8. The Hall–Kier alpha value is -2.87. The first-order valence-corrected chi connectivity index (χ1v) is 7.04. The van der Waals surface area contributed by atoms with Crippen molar-refractivity contribution in [3.05, 3.63) is 90.0 Å². The summed E-state index contributed by atoms with van der Waals surface area (Å²) in [7, 11) is 1.62. The van der Waals surface area contributed by atoms with Gasteiger partial charge in [-0.15, -0.1) is 0 Å². The Balaban J connectivity index is 1.90. The molecule has 0 saturated carbocycles. The van der Waals surface area contributed by atoms with Gasteiger partial charge in [0.2, 0.25) is 0 Å². The molecule has 2 rings (SSSR count). The van der Waals surface area contributed by atoms with Gasteiger partial charge >= 0.3 is 0 Å². The molecule has 0 radical (unpaired) electrons. The van der Waals surface area contributed by atoms with Gasteiger partial charge in [0, 0.05) is 0 Å². The Labute approximate surface area is 131 Å². The van der Waals surface area contributed by atoms with Gasteiger partial charge < -0.3 is 4.74 Å². The van der Waals surface area contributed by atoms with Crippen LogP contribution in [0.15, 0.2) is 78.9 Å². The van der Waals surface area contributed by atoms with E-state index in [1.54, 1.807) is 25.3 Å². The van der Waals surface area contributed by atoms with Crippen LogP contribution in [0.2, 0.25) is 0 Å². The molecule has 0 atom stereocenters. The number of allylic oxidation sites excluding steroid dienone is 4. The molecule has 110 valence electrons. The molecule has 0 unspecified atom stereocenters. The zero-order chi connectivity index (χ0) is 15.6. The van der Waals surface area contributed by atoms with Crippen LogP contribution >= 0.6 is 0 Å². The summed E-state index contributed by atoms with van der Waals surface area (Å²) in [5.41, 5.74) is 2.03. The summed E-state index contributed by atoms with van der Waals surface area (Å²) in [4.78, 5) is 11.7. The number of ether oxygens (including phenoxy) is 1. The van der Waals surface area contributed by atoms with Crippen LogP contribution in [0.25, 0.3) is 12.2 Å². The molecule has 0 spiro atoms. The van der Waals surface area contributed by atoms with Crippen LogP contribution in [0, 0.1) is 0 Å². The standard InChI is InChI=1S/C20H18O2/c1-22-20-13-7-11-18(16-20)14-15-19(21)12-6-5-10-17-8-3-2-4-9-17/h2-16H,1H3/b10-5+,12-6+,15-14-. The highest BCUT2D eigenvalue weighted by atomic mass is 16.5. The Bertz CT molecular complexity index is 695. The van der Waals surface area contributed by atoms with Crippen molar-refractivity contribution in [2.75, 3.05) is 7.11 Å². The predicted molar refractivity (Wildman–Crippen MR) is 91.7 cm³/mol. The fourth-order valence-electron chi connectivity index (χ4n) is 1.86. The molecule has 2 nitrogen and oxygen atoms in total. The molecule has 22 heavy (non-hydrogen) atoms.